The van der Waals surface area contributed by atoms with Gasteiger partial charge in [0.15, 0.2) is 5.25 Å². The van der Waals surface area contributed by atoms with Gasteiger partial charge < -0.3 is 24.5 Å². The molecule has 0 aliphatic carbocycles. The van der Waals surface area contributed by atoms with Crippen molar-refractivity contribution >= 4 is 28.0 Å². The number of unbranched alkanes of at least 4 members (excludes halogenated alkanes) is 11. The van der Waals surface area contributed by atoms with E-state index in [1.54, 1.807) is 0 Å². The van der Waals surface area contributed by atoms with Crippen molar-refractivity contribution < 1.29 is 96.3 Å². The first-order valence-electron chi connectivity index (χ1n) is 12.8. The number of aliphatic carboxylic acids is 1. The molecule has 0 radical (unpaired) electrons. The predicted molar refractivity (Wildman–Crippen MR) is 131 cm³/mol. The van der Waals surface area contributed by atoms with Crippen molar-refractivity contribution in [3.63, 3.8) is 0 Å². The zero-order chi connectivity index (χ0) is 26.5. The molecule has 0 saturated heterocycles. The summed E-state index contributed by atoms with van der Waals surface area (Å²) in [5.41, 5.74) is 0. The number of carboxylic acid groups (broad SMARTS) is 1. The number of carbonyl (C=O) groups excluding carboxylic acids is 3. The molecule has 0 aromatic heterocycles. The second kappa shape index (κ2) is 26.3. The molecule has 0 heterocycles. The number of carbonyl (C=O) groups is 3. The summed E-state index contributed by atoms with van der Waals surface area (Å²) < 4.78 is 38.0. The summed E-state index contributed by atoms with van der Waals surface area (Å²) in [6.45, 7) is 3.55. The number of carboxylic acids is 1. The Labute approximate surface area is 267 Å². The van der Waals surface area contributed by atoms with Crippen LogP contribution >= 0.6 is 0 Å². The minimum absolute atomic E-state index is 0. The van der Waals surface area contributed by atoms with Gasteiger partial charge in [-0.2, -0.15) is 0 Å². The molecule has 0 rings (SSSR count). The van der Waals surface area contributed by atoms with E-state index >= 15 is 0 Å². The number of ether oxygens (including phenoxy) is 1. The molecular weight excluding hydrogens is 520 g/mol. The third-order valence-electron chi connectivity index (χ3n) is 5.53. The molecule has 0 bridgehead atoms. The molecular formula is C25H43NNa2O8S. The summed E-state index contributed by atoms with van der Waals surface area (Å²) >= 11 is 0. The van der Waals surface area contributed by atoms with Gasteiger partial charge in [0.1, 0.15) is 16.2 Å². The molecule has 37 heavy (non-hydrogen) atoms. The summed E-state index contributed by atoms with van der Waals surface area (Å²) in [5.74, 6) is -3.55. The Morgan fingerprint density at radius 1 is 0.865 bits per heavy atom. The molecule has 0 spiro atoms. The molecule has 0 aliphatic rings. The third kappa shape index (κ3) is 26.1. The summed E-state index contributed by atoms with van der Waals surface area (Å²) in [5, 5.41) is 10.8. The predicted octanol–water partition coefficient (Wildman–Crippen LogP) is -2.87. The molecule has 204 valence electrons. The minimum atomic E-state index is -5.21. The van der Waals surface area contributed by atoms with Crippen molar-refractivity contribution in [2.24, 2.45) is 0 Å². The van der Waals surface area contributed by atoms with Crippen LogP contribution in [0.2, 0.25) is 0 Å². The summed E-state index contributed by atoms with van der Waals surface area (Å²) in [7, 11) is -5.21. The van der Waals surface area contributed by atoms with Crippen LogP contribution in [0.5, 0.6) is 0 Å². The first-order valence-corrected chi connectivity index (χ1v) is 14.3. The zero-order valence-electron chi connectivity index (χ0n) is 23.3. The molecule has 0 fully saturated rings. The van der Waals surface area contributed by atoms with Crippen LogP contribution in [0.3, 0.4) is 0 Å². The Bertz CT molecular complexity index is 747. The Kier molecular flexibility index (Phi) is 29.5. The Hall–Kier alpha value is 0.0600. The second-order valence-electron chi connectivity index (χ2n) is 8.94. The largest absolute Gasteiger partial charge is 1.00 e. The van der Waals surface area contributed by atoms with Gasteiger partial charge in [-0.3, -0.25) is 9.59 Å². The van der Waals surface area contributed by atoms with Gasteiger partial charge in [0, 0.05) is 18.8 Å². The number of rotatable bonds is 22. The first-order chi connectivity index (χ1) is 16.6. The summed E-state index contributed by atoms with van der Waals surface area (Å²) in [6, 6.07) is 0. The topological polar surface area (TPSA) is 153 Å². The van der Waals surface area contributed by atoms with Gasteiger partial charge >= 0.3 is 65.1 Å². The van der Waals surface area contributed by atoms with Crippen LogP contribution in [0, 0.1) is 0 Å². The normalized spacial score (nSPS) is 12.7. The molecule has 2 unspecified atom stereocenters. The fourth-order valence-electron chi connectivity index (χ4n) is 3.47. The number of allylic oxidation sites excluding steroid dienone is 2. The SMILES string of the molecule is CCCCCCCC/C=C/CCCCCCCC(=O)NCC(C)OC(=O)C(CC(=O)[O-])S(=O)(=O)[O-].[Na+].[Na+]. The van der Waals surface area contributed by atoms with Crippen LogP contribution in [-0.4, -0.2) is 48.7 Å². The summed E-state index contributed by atoms with van der Waals surface area (Å²) in [4.78, 5) is 34.3. The van der Waals surface area contributed by atoms with Crippen LogP contribution in [0.15, 0.2) is 12.2 Å². The van der Waals surface area contributed by atoms with E-state index in [9.17, 15) is 32.5 Å². The Balaban J connectivity index is -0.00000578. The fraction of sp³-hybridized carbons (Fsp3) is 0.800. The van der Waals surface area contributed by atoms with Crippen molar-refractivity contribution in [1.29, 1.82) is 0 Å². The van der Waals surface area contributed by atoms with E-state index in [0.29, 0.717) is 6.42 Å². The van der Waals surface area contributed by atoms with Crippen LogP contribution in [0.25, 0.3) is 0 Å². The van der Waals surface area contributed by atoms with Gasteiger partial charge in [0.25, 0.3) is 0 Å². The average molecular weight is 564 g/mol. The molecule has 2 atom stereocenters. The molecule has 0 aromatic carbocycles. The van der Waals surface area contributed by atoms with Gasteiger partial charge in [0.05, 0.1) is 6.54 Å². The van der Waals surface area contributed by atoms with E-state index in [1.807, 2.05) is 0 Å². The minimum Gasteiger partial charge on any atom is -0.747 e. The van der Waals surface area contributed by atoms with E-state index in [1.165, 1.54) is 45.4 Å². The maximum absolute atomic E-state index is 11.9. The van der Waals surface area contributed by atoms with Gasteiger partial charge in [0.2, 0.25) is 5.91 Å². The first kappa shape index (κ1) is 41.5. The molecule has 1 N–H and O–H groups in total. The van der Waals surface area contributed by atoms with Crippen molar-refractivity contribution in [3.05, 3.63) is 12.2 Å². The van der Waals surface area contributed by atoms with E-state index in [-0.39, 0.29) is 71.6 Å². The number of amides is 1. The second-order valence-corrected chi connectivity index (χ2v) is 10.5. The smallest absolute Gasteiger partial charge is 0.747 e. The van der Waals surface area contributed by atoms with Gasteiger partial charge in [-0.1, -0.05) is 70.4 Å². The van der Waals surface area contributed by atoms with E-state index < -0.39 is 39.8 Å². The van der Waals surface area contributed by atoms with E-state index in [4.69, 9.17) is 4.74 Å². The molecule has 0 aliphatic heterocycles. The van der Waals surface area contributed by atoms with Crippen molar-refractivity contribution in [2.75, 3.05) is 6.54 Å². The number of nitrogens with one attached hydrogen (secondary N) is 1. The Morgan fingerprint density at radius 3 is 1.84 bits per heavy atom. The number of esters is 1. The van der Waals surface area contributed by atoms with Crippen LogP contribution in [-0.2, 0) is 29.2 Å². The quantitative estimate of drug-likeness (QED) is 0.0485. The summed E-state index contributed by atoms with van der Waals surface area (Å²) in [6.07, 6.45) is 17.8. The number of hydrogen-bond donors (Lipinski definition) is 1. The van der Waals surface area contributed by atoms with Crippen molar-refractivity contribution in [3.8, 4) is 0 Å². The van der Waals surface area contributed by atoms with Crippen LogP contribution < -0.4 is 69.5 Å². The van der Waals surface area contributed by atoms with Crippen LogP contribution in [0.4, 0.5) is 0 Å². The third-order valence-corrected chi connectivity index (χ3v) is 6.59. The van der Waals surface area contributed by atoms with Gasteiger partial charge in [-0.25, -0.2) is 8.42 Å². The van der Waals surface area contributed by atoms with Gasteiger partial charge in [-0.15, -0.1) is 0 Å². The van der Waals surface area contributed by atoms with E-state index in [0.717, 1.165) is 44.9 Å². The van der Waals surface area contributed by atoms with Crippen LogP contribution in [0.1, 0.15) is 110 Å². The van der Waals surface area contributed by atoms with Crippen molar-refractivity contribution in [1.82, 2.24) is 5.32 Å². The van der Waals surface area contributed by atoms with Crippen molar-refractivity contribution in [2.45, 2.75) is 122 Å². The maximum atomic E-state index is 11.9. The van der Waals surface area contributed by atoms with Gasteiger partial charge in [-0.05, 0) is 39.0 Å². The molecule has 1 amide bonds. The monoisotopic (exact) mass is 563 g/mol. The molecule has 9 nitrogen and oxygen atoms in total. The van der Waals surface area contributed by atoms with E-state index in [2.05, 4.69) is 24.4 Å². The number of hydrogen-bond acceptors (Lipinski definition) is 8. The molecule has 0 aromatic rings. The zero-order valence-corrected chi connectivity index (χ0v) is 28.1. The maximum Gasteiger partial charge on any atom is 1.00 e. The Morgan fingerprint density at radius 2 is 1.35 bits per heavy atom. The molecule has 0 saturated carbocycles. The molecule has 12 heteroatoms. The average Bonchev–Trinajstić information content (AvgIpc) is 2.77. The standard InChI is InChI=1S/C25H45NO8S.2Na/c1-3-4-5-6-7-8-9-10-11-12-13-14-15-16-17-18-23(27)26-20-21(2)34-25(30)22(19-24(28)29)35(31,32)33;;/h10-11,21-22H,3-9,12-20H2,1-2H3,(H,26,27)(H,28,29)(H,31,32,33);;/q;2*+1/p-2/b11-10+;;. The fourth-order valence-corrected chi connectivity index (χ4v) is 4.10.